The number of carbonyl (C=O) groups is 1. The quantitative estimate of drug-likeness (QED) is 0.473. The van der Waals surface area contributed by atoms with E-state index in [4.69, 9.17) is 10.7 Å². The number of amides is 1. The summed E-state index contributed by atoms with van der Waals surface area (Å²) in [6.45, 7) is 3.43. The maximum atomic E-state index is 12.0. The van der Waals surface area contributed by atoms with Crippen molar-refractivity contribution in [1.82, 2.24) is 34.4 Å². The first-order valence-corrected chi connectivity index (χ1v) is 10.9. The molecule has 1 saturated heterocycles. The molecule has 1 aliphatic rings. The Balaban J connectivity index is 1.48. The van der Waals surface area contributed by atoms with Crippen molar-refractivity contribution in [2.45, 2.75) is 18.9 Å². The molecule has 10 nitrogen and oxygen atoms in total. The highest BCUT2D eigenvalue weighted by atomic mass is 32.1. The lowest BCUT2D eigenvalue weighted by atomic mass is 9.89. The van der Waals surface area contributed by atoms with E-state index in [1.54, 1.807) is 28.4 Å². The normalized spacial score (nSPS) is 15.3. The Morgan fingerprint density at radius 2 is 2.10 bits per heavy atom. The van der Waals surface area contributed by atoms with Crippen LogP contribution in [-0.4, -0.2) is 60.0 Å². The molecular formula is C20H23N9OS. The number of aromatic nitrogens is 6. The van der Waals surface area contributed by atoms with Gasteiger partial charge in [0, 0.05) is 51.1 Å². The van der Waals surface area contributed by atoms with Gasteiger partial charge in [0.15, 0.2) is 0 Å². The molecule has 0 saturated carbocycles. The minimum atomic E-state index is -0.374. The number of likely N-dealkylation sites (tertiary alicyclic amines) is 1. The molecule has 0 aliphatic carbocycles. The minimum absolute atomic E-state index is 0.138. The molecule has 4 aromatic rings. The van der Waals surface area contributed by atoms with E-state index in [0.29, 0.717) is 32.0 Å². The average Bonchev–Trinajstić information content (AvgIpc) is 3.48. The maximum Gasteiger partial charge on any atom is 0.228 e. The zero-order valence-corrected chi connectivity index (χ0v) is 18.1. The number of aryl methyl sites for hydroxylation is 1. The van der Waals surface area contributed by atoms with E-state index in [0.717, 1.165) is 27.2 Å². The first kappa shape index (κ1) is 19.6. The lowest BCUT2D eigenvalue weighted by Crippen LogP contribution is -2.67. The second kappa shape index (κ2) is 7.43. The lowest BCUT2D eigenvalue weighted by molar-refractivity contribution is -0.141. The molecule has 0 radical (unpaired) electrons. The van der Waals surface area contributed by atoms with E-state index < -0.39 is 0 Å². The van der Waals surface area contributed by atoms with Crippen molar-refractivity contribution >= 4 is 39.1 Å². The van der Waals surface area contributed by atoms with Crippen LogP contribution in [0.3, 0.4) is 0 Å². The second-order valence-corrected chi connectivity index (χ2v) is 8.68. The van der Waals surface area contributed by atoms with Gasteiger partial charge in [0.1, 0.15) is 5.54 Å². The first-order chi connectivity index (χ1) is 15.0. The molecule has 0 atom stereocenters. The van der Waals surface area contributed by atoms with Crippen molar-refractivity contribution < 1.29 is 4.79 Å². The number of fused-ring (bicyclic) bond motifs is 1. The number of anilines is 2. The molecule has 4 aromatic heterocycles. The van der Waals surface area contributed by atoms with Gasteiger partial charge in [-0.25, -0.2) is 9.97 Å². The number of carbonyl (C=O) groups excluding carboxylic acids is 1. The first-order valence-electron chi connectivity index (χ1n) is 10.1. The van der Waals surface area contributed by atoms with Gasteiger partial charge in [-0.1, -0.05) is 6.92 Å². The van der Waals surface area contributed by atoms with Crippen LogP contribution in [0.5, 0.6) is 0 Å². The molecular weight excluding hydrogens is 414 g/mol. The van der Waals surface area contributed by atoms with E-state index in [9.17, 15) is 4.79 Å². The van der Waals surface area contributed by atoms with E-state index in [-0.39, 0.29) is 11.4 Å². The summed E-state index contributed by atoms with van der Waals surface area (Å²) in [5.74, 6) is 0.636. The largest absolute Gasteiger partial charge is 0.338 e. The fourth-order valence-corrected chi connectivity index (χ4v) is 4.71. The summed E-state index contributed by atoms with van der Waals surface area (Å²) < 4.78 is 4.60. The van der Waals surface area contributed by atoms with Gasteiger partial charge in [0.05, 0.1) is 34.0 Å². The van der Waals surface area contributed by atoms with Crippen LogP contribution in [0.2, 0.25) is 0 Å². The lowest BCUT2D eigenvalue weighted by Gasteiger charge is -2.49. The third-order valence-electron chi connectivity index (χ3n) is 5.61. The highest BCUT2D eigenvalue weighted by Gasteiger charge is 2.46. The maximum absolute atomic E-state index is 12.0. The summed E-state index contributed by atoms with van der Waals surface area (Å²) >= 11 is 1.59. The van der Waals surface area contributed by atoms with Crippen molar-refractivity contribution in [2.75, 3.05) is 25.0 Å². The molecule has 3 N–H and O–H groups in total. The van der Waals surface area contributed by atoms with Crippen molar-refractivity contribution in [3.8, 4) is 11.3 Å². The summed E-state index contributed by atoms with van der Waals surface area (Å²) in [5.41, 5.74) is 9.10. The standard InChI is InChI=1S/C20H23N9OS/c1-3-16(30)28-11-20(10-21,12-28)29-8-13(6-23-29)17-18-15(4-5-31-18)25-19(26-17)24-14-7-22-27(2)9-14/h4-9H,3,10-12,21H2,1-2H3,(H,24,25,26). The Morgan fingerprint density at radius 1 is 1.26 bits per heavy atom. The Kier molecular flexibility index (Phi) is 4.71. The van der Waals surface area contributed by atoms with Crippen molar-refractivity contribution in [1.29, 1.82) is 0 Å². The number of hydrogen-bond acceptors (Lipinski definition) is 8. The van der Waals surface area contributed by atoms with Crippen LogP contribution in [0.15, 0.2) is 36.2 Å². The minimum Gasteiger partial charge on any atom is -0.338 e. The summed E-state index contributed by atoms with van der Waals surface area (Å²) in [6, 6.07) is 1.98. The van der Waals surface area contributed by atoms with Gasteiger partial charge >= 0.3 is 0 Å². The average molecular weight is 438 g/mol. The summed E-state index contributed by atoms with van der Waals surface area (Å²) in [7, 11) is 1.86. The van der Waals surface area contributed by atoms with Crippen LogP contribution < -0.4 is 11.1 Å². The molecule has 1 aliphatic heterocycles. The smallest absolute Gasteiger partial charge is 0.228 e. The molecule has 1 fully saturated rings. The zero-order chi connectivity index (χ0) is 21.6. The van der Waals surface area contributed by atoms with Gasteiger partial charge in [-0.3, -0.25) is 14.2 Å². The molecule has 0 aromatic carbocycles. The molecule has 31 heavy (non-hydrogen) atoms. The van der Waals surface area contributed by atoms with Gasteiger partial charge in [-0.05, 0) is 11.4 Å². The number of nitrogens with zero attached hydrogens (tertiary/aromatic N) is 7. The number of nitrogens with two attached hydrogens (primary N) is 1. The van der Waals surface area contributed by atoms with Gasteiger partial charge in [0.2, 0.25) is 11.9 Å². The number of nitrogens with one attached hydrogen (secondary N) is 1. The van der Waals surface area contributed by atoms with Crippen LogP contribution in [-0.2, 0) is 17.4 Å². The molecule has 160 valence electrons. The topological polar surface area (TPSA) is 120 Å². The second-order valence-electron chi connectivity index (χ2n) is 7.76. The van der Waals surface area contributed by atoms with Crippen LogP contribution >= 0.6 is 11.3 Å². The SMILES string of the molecule is CCC(=O)N1CC(CN)(n2cc(-c3nc(Nc4cnn(C)c4)nc4ccsc34)cn2)C1. The van der Waals surface area contributed by atoms with E-state index in [1.807, 2.05) is 47.4 Å². The van der Waals surface area contributed by atoms with Crippen molar-refractivity contribution in [3.05, 3.63) is 36.2 Å². The molecule has 5 rings (SSSR count). The van der Waals surface area contributed by atoms with Crippen LogP contribution in [0.1, 0.15) is 13.3 Å². The number of hydrogen-bond donors (Lipinski definition) is 2. The third-order valence-corrected chi connectivity index (χ3v) is 6.52. The Labute approximate surface area is 182 Å². The highest BCUT2D eigenvalue weighted by molar-refractivity contribution is 7.17. The van der Waals surface area contributed by atoms with E-state index in [2.05, 4.69) is 20.5 Å². The summed E-state index contributed by atoms with van der Waals surface area (Å²) in [5, 5.41) is 14.0. The van der Waals surface area contributed by atoms with Gasteiger partial charge in [-0.2, -0.15) is 10.2 Å². The van der Waals surface area contributed by atoms with Crippen molar-refractivity contribution in [3.63, 3.8) is 0 Å². The third kappa shape index (κ3) is 3.35. The fourth-order valence-electron chi connectivity index (χ4n) is 3.87. The molecule has 0 bridgehead atoms. The predicted octanol–water partition coefficient (Wildman–Crippen LogP) is 1.94. The Bertz CT molecular complexity index is 1250. The molecule has 0 unspecified atom stereocenters. The van der Waals surface area contributed by atoms with Crippen molar-refractivity contribution in [2.24, 2.45) is 12.8 Å². The van der Waals surface area contributed by atoms with Gasteiger partial charge in [-0.15, -0.1) is 11.3 Å². The molecule has 5 heterocycles. The van der Waals surface area contributed by atoms with Crippen LogP contribution in [0.25, 0.3) is 21.5 Å². The molecule has 11 heteroatoms. The monoisotopic (exact) mass is 437 g/mol. The predicted molar refractivity (Wildman–Crippen MR) is 119 cm³/mol. The van der Waals surface area contributed by atoms with Crippen LogP contribution in [0, 0.1) is 0 Å². The van der Waals surface area contributed by atoms with Gasteiger partial charge < -0.3 is 16.0 Å². The number of rotatable bonds is 6. The molecule has 1 amide bonds. The van der Waals surface area contributed by atoms with Crippen LogP contribution in [0.4, 0.5) is 11.6 Å². The Morgan fingerprint density at radius 3 is 2.81 bits per heavy atom. The number of thiophene rings is 1. The zero-order valence-electron chi connectivity index (χ0n) is 17.3. The molecule has 0 spiro atoms. The van der Waals surface area contributed by atoms with Gasteiger partial charge in [0.25, 0.3) is 0 Å². The Hall–Kier alpha value is -3.31. The summed E-state index contributed by atoms with van der Waals surface area (Å²) in [4.78, 5) is 23.2. The fraction of sp³-hybridized carbons (Fsp3) is 0.350. The van der Waals surface area contributed by atoms with E-state index >= 15 is 0 Å². The van der Waals surface area contributed by atoms with E-state index in [1.165, 1.54) is 0 Å². The summed E-state index contributed by atoms with van der Waals surface area (Å²) in [6.07, 6.45) is 7.86. The highest BCUT2D eigenvalue weighted by Crippen LogP contribution is 2.34.